The van der Waals surface area contributed by atoms with Crippen LogP contribution in [-0.2, 0) is 14.6 Å². The molecule has 0 fully saturated rings. The molecule has 0 atom stereocenters. The van der Waals surface area contributed by atoms with Gasteiger partial charge in [-0.1, -0.05) is 0 Å². The van der Waals surface area contributed by atoms with E-state index in [2.05, 4.69) is 9.39 Å². The maximum Gasteiger partial charge on any atom is 0.284 e. The molecule has 1 aromatic carbocycles. The van der Waals surface area contributed by atoms with Crippen LogP contribution in [-0.4, -0.2) is 52.7 Å². The minimum Gasteiger partial charge on any atom is -0.497 e. The summed E-state index contributed by atoms with van der Waals surface area (Å²) in [6.45, 7) is 2.96. The maximum absolute atomic E-state index is 12.6. The fourth-order valence-corrected chi connectivity index (χ4v) is 5.17. The van der Waals surface area contributed by atoms with Gasteiger partial charge in [-0.3, -0.25) is 20.3 Å². The summed E-state index contributed by atoms with van der Waals surface area (Å²) < 4.78 is 39.9. The summed E-state index contributed by atoms with van der Waals surface area (Å²) in [5.41, 5.74) is -0.269. The van der Waals surface area contributed by atoms with Gasteiger partial charge in [0.05, 0.1) is 46.4 Å². The lowest BCUT2D eigenvalue weighted by Crippen LogP contribution is -2.46. The molecule has 0 aliphatic carbocycles. The molecule has 0 saturated carbocycles. The molecule has 176 valence electrons. The number of carbonyl (C=O) groups is 1. The number of fused-ring (bicyclic) bond motifs is 1. The monoisotopic (exact) mass is 503 g/mol. The molecule has 1 N–H and O–H groups in total. The number of sulfone groups is 1. The molecule has 1 amide bonds. The number of amidine groups is 3. The highest BCUT2D eigenvalue weighted by molar-refractivity contribution is 8.16. The van der Waals surface area contributed by atoms with Gasteiger partial charge >= 0.3 is 0 Å². The number of benzene rings is 1. The lowest BCUT2D eigenvalue weighted by Gasteiger charge is -2.25. The Hall–Kier alpha value is -3.78. The number of methoxy groups -OCH3 is 1. The van der Waals surface area contributed by atoms with E-state index in [0.29, 0.717) is 17.7 Å². The Morgan fingerprint density at radius 3 is 2.68 bits per heavy atom. The van der Waals surface area contributed by atoms with Crippen molar-refractivity contribution in [1.29, 1.82) is 5.41 Å². The minimum atomic E-state index is -3.85. The number of nitrogens with one attached hydrogen (secondary N) is 1. The van der Waals surface area contributed by atoms with Gasteiger partial charge in [0.1, 0.15) is 23.1 Å². The van der Waals surface area contributed by atoms with Gasteiger partial charge in [0.15, 0.2) is 0 Å². The second kappa shape index (κ2) is 8.53. The van der Waals surface area contributed by atoms with Crippen LogP contribution in [0.5, 0.6) is 5.75 Å². The zero-order valence-electron chi connectivity index (χ0n) is 18.0. The van der Waals surface area contributed by atoms with Gasteiger partial charge in [-0.25, -0.2) is 13.3 Å². The fourth-order valence-electron chi connectivity index (χ4n) is 3.11. The van der Waals surface area contributed by atoms with Gasteiger partial charge < -0.3 is 9.15 Å². The molecular formula is C20H17N5O7S2. The molecule has 0 unspecified atom stereocenters. The molecule has 4 rings (SSSR count). The molecule has 2 aliphatic heterocycles. The van der Waals surface area contributed by atoms with Crippen LogP contribution in [0, 0.1) is 15.5 Å². The van der Waals surface area contributed by atoms with Crippen LogP contribution in [0.15, 0.2) is 49.7 Å². The zero-order chi connectivity index (χ0) is 24.8. The molecule has 3 heterocycles. The van der Waals surface area contributed by atoms with Gasteiger partial charge in [-0.15, -0.1) is 0 Å². The third kappa shape index (κ3) is 3.90. The molecule has 2 aliphatic rings. The second-order valence-electron chi connectivity index (χ2n) is 7.34. The number of hydrogen-bond acceptors (Lipinski definition) is 10. The van der Waals surface area contributed by atoms with Gasteiger partial charge in [-0.05, 0) is 44.2 Å². The molecule has 34 heavy (non-hydrogen) atoms. The van der Waals surface area contributed by atoms with Crippen molar-refractivity contribution in [3.8, 4) is 17.1 Å². The Morgan fingerprint density at radius 1 is 1.29 bits per heavy atom. The molecule has 12 nitrogen and oxygen atoms in total. The van der Waals surface area contributed by atoms with Gasteiger partial charge in [0.25, 0.3) is 11.6 Å². The number of hydrogen-bond donors (Lipinski definition) is 1. The number of nitro groups is 1. The first kappa shape index (κ1) is 23.4. The lowest BCUT2D eigenvalue weighted by atomic mass is 10.1. The van der Waals surface area contributed by atoms with E-state index < -0.39 is 31.8 Å². The summed E-state index contributed by atoms with van der Waals surface area (Å²) in [5, 5.41) is 18.7. The van der Waals surface area contributed by atoms with Crippen molar-refractivity contribution in [2.45, 2.75) is 19.1 Å². The average Bonchev–Trinajstić information content (AvgIpc) is 3.43. The van der Waals surface area contributed by atoms with E-state index >= 15 is 0 Å². The molecule has 0 saturated heterocycles. The van der Waals surface area contributed by atoms with E-state index in [0.717, 1.165) is 4.90 Å². The minimum absolute atomic E-state index is 0.0274. The van der Waals surface area contributed by atoms with Crippen molar-refractivity contribution in [3.05, 3.63) is 51.8 Å². The predicted molar refractivity (Wildman–Crippen MR) is 126 cm³/mol. The van der Waals surface area contributed by atoms with Gasteiger partial charge in [0, 0.05) is 0 Å². The number of nitrogens with zero attached hydrogens (tertiary/aromatic N) is 4. The quantitative estimate of drug-likeness (QED) is 0.278. The summed E-state index contributed by atoms with van der Waals surface area (Å²) >= 11 is 0.701. The smallest absolute Gasteiger partial charge is 0.284 e. The van der Waals surface area contributed by atoms with E-state index in [4.69, 9.17) is 14.6 Å². The summed E-state index contributed by atoms with van der Waals surface area (Å²) in [4.78, 5) is 28.3. The fraction of sp³-hybridized carbons (Fsp3) is 0.200. The first-order valence-electron chi connectivity index (χ1n) is 9.70. The van der Waals surface area contributed by atoms with Crippen LogP contribution in [0.1, 0.15) is 19.6 Å². The van der Waals surface area contributed by atoms with E-state index in [1.165, 1.54) is 51.3 Å². The number of amides is 1. The highest BCUT2D eigenvalue weighted by Crippen LogP contribution is 2.35. The first-order valence-corrected chi connectivity index (χ1v) is 12.0. The van der Waals surface area contributed by atoms with Crippen LogP contribution in [0.4, 0.5) is 5.69 Å². The third-order valence-corrected chi connectivity index (χ3v) is 7.79. The summed E-state index contributed by atoms with van der Waals surface area (Å²) in [6.07, 6.45) is 1.23. The molecule has 0 radical (unpaired) electrons. The van der Waals surface area contributed by atoms with Crippen molar-refractivity contribution in [1.82, 2.24) is 4.90 Å². The van der Waals surface area contributed by atoms with Crippen molar-refractivity contribution in [2.75, 3.05) is 7.11 Å². The van der Waals surface area contributed by atoms with Crippen LogP contribution >= 0.6 is 11.9 Å². The third-order valence-electron chi connectivity index (χ3n) is 4.95. The highest BCUT2D eigenvalue weighted by Gasteiger charge is 2.43. The summed E-state index contributed by atoms with van der Waals surface area (Å²) in [5.74, 6) is -0.617. The Bertz CT molecular complexity index is 1440. The van der Waals surface area contributed by atoms with Crippen molar-refractivity contribution in [3.63, 3.8) is 0 Å². The van der Waals surface area contributed by atoms with Crippen molar-refractivity contribution < 1.29 is 27.3 Å². The number of ether oxygens (including phenoxy) is 1. The standard InChI is InChI=1S/C20H17N5O7S2/c1-10(2)34(29,30)20-23-33-19-22-18(26)14(17(21)24(19)20)8-12-5-7-16(32-12)13-6-4-11(31-3)9-15(13)25(27)28/h4-10,21H,1-3H3/b14-8-,21-17?. The van der Waals surface area contributed by atoms with E-state index in [1.54, 1.807) is 6.07 Å². The Balaban J connectivity index is 1.71. The topological polar surface area (TPSA) is 169 Å². The van der Waals surface area contributed by atoms with E-state index in [1.807, 2.05) is 0 Å². The Kier molecular flexibility index (Phi) is 5.87. The number of aliphatic imine (C=N–C) groups is 1. The van der Waals surface area contributed by atoms with Gasteiger partial charge in [0.2, 0.25) is 20.2 Å². The molecule has 2 aromatic rings. The zero-order valence-corrected chi connectivity index (χ0v) is 19.6. The second-order valence-corrected chi connectivity index (χ2v) is 10.5. The van der Waals surface area contributed by atoms with Crippen LogP contribution in [0.3, 0.4) is 0 Å². The van der Waals surface area contributed by atoms with Crippen LogP contribution < -0.4 is 4.74 Å². The molecule has 0 spiro atoms. The van der Waals surface area contributed by atoms with Crippen LogP contribution in [0.25, 0.3) is 17.4 Å². The molecule has 0 bridgehead atoms. The number of nitro benzene ring substituents is 1. The largest absolute Gasteiger partial charge is 0.497 e. The van der Waals surface area contributed by atoms with E-state index in [-0.39, 0.29) is 38.7 Å². The Morgan fingerprint density at radius 2 is 2.03 bits per heavy atom. The molecule has 14 heteroatoms. The highest BCUT2D eigenvalue weighted by atomic mass is 32.2. The number of carbonyl (C=O) groups excluding carboxylic acids is 1. The predicted octanol–water partition coefficient (Wildman–Crippen LogP) is 3.26. The normalized spacial score (nSPS) is 17.2. The van der Waals surface area contributed by atoms with Crippen molar-refractivity contribution in [2.24, 2.45) is 9.39 Å². The summed E-state index contributed by atoms with van der Waals surface area (Å²) in [7, 11) is -2.46. The average molecular weight is 504 g/mol. The maximum atomic E-state index is 12.6. The van der Waals surface area contributed by atoms with Crippen molar-refractivity contribution >= 4 is 55.6 Å². The first-order chi connectivity index (χ1) is 16.0. The number of furan rings is 1. The summed E-state index contributed by atoms with van der Waals surface area (Å²) in [6, 6.07) is 7.22. The number of rotatable bonds is 5. The van der Waals surface area contributed by atoms with Gasteiger partial charge in [-0.2, -0.15) is 9.39 Å². The molecular weight excluding hydrogens is 486 g/mol. The van der Waals surface area contributed by atoms with Crippen LogP contribution in [0.2, 0.25) is 0 Å². The van der Waals surface area contributed by atoms with E-state index in [9.17, 15) is 23.3 Å². The lowest BCUT2D eigenvalue weighted by molar-refractivity contribution is -0.384. The SMILES string of the molecule is COc1ccc(-c2ccc(/C=C3/C(=N)N4C(=NC3=O)SN=C4S(=O)(=O)C(C)C)o2)c([N+](=O)[O-])c1. The molecule has 1 aromatic heterocycles. The Labute approximate surface area is 197 Å².